The number of benzene rings is 1. The fourth-order valence-electron chi connectivity index (χ4n) is 8.95. The maximum absolute atomic E-state index is 14.8. The summed E-state index contributed by atoms with van der Waals surface area (Å²) in [7, 11) is 0. The van der Waals surface area contributed by atoms with E-state index < -0.39 is 95.7 Å². The second-order valence-corrected chi connectivity index (χ2v) is 20.8. The molecule has 5 rings (SSSR count). The molecule has 0 radical (unpaired) electrons. The van der Waals surface area contributed by atoms with E-state index >= 15 is 0 Å². The highest BCUT2D eigenvalue weighted by Crippen LogP contribution is 2.20. The Morgan fingerprint density at radius 1 is 0.543 bits per heavy atom. The van der Waals surface area contributed by atoms with Crippen molar-refractivity contribution >= 4 is 64.2 Å². The van der Waals surface area contributed by atoms with Crippen LogP contribution in [-0.4, -0.2) is 155 Å². The smallest absolute Gasteiger partial charge is 0.326 e. The Morgan fingerprint density at radius 3 is 1.46 bits per heavy atom. The molecule has 28 nitrogen and oxygen atoms in total. The fourth-order valence-corrected chi connectivity index (χ4v) is 8.95. The van der Waals surface area contributed by atoms with Gasteiger partial charge in [0.15, 0.2) is 5.96 Å². The number of nitrogens with zero attached hydrogens (tertiary/aromatic N) is 4. The molecule has 0 unspecified atom stereocenters. The molecule has 0 bridgehead atoms. The summed E-state index contributed by atoms with van der Waals surface area (Å²) in [5, 5.41) is 29.9. The Hall–Kier alpha value is -8.66. The van der Waals surface area contributed by atoms with Crippen LogP contribution in [0.1, 0.15) is 95.3 Å². The molecule has 4 aromatic heterocycles. The van der Waals surface area contributed by atoms with Crippen molar-refractivity contribution in [2.75, 3.05) is 13.1 Å². The minimum absolute atomic E-state index is 0.0216. The number of nitrogens with one attached hydrogen (secondary N) is 11. The molecular formula is C53H79N19O9. The lowest BCUT2D eigenvalue weighted by Gasteiger charge is -2.28. The number of aromatic nitrogens is 7. The van der Waals surface area contributed by atoms with Crippen LogP contribution in [-0.2, 0) is 64.0 Å². The molecular weight excluding hydrogens is 1050 g/mol. The Balaban J connectivity index is 1.41. The molecule has 0 aliphatic heterocycles. The van der Waals surface area contributed by atoms with E-state index in [4.69, 9.17) is 22.9 Å². The predicted molar refractivity (Wildman–Crippen MR) is 300 cm³/mol. The van der Waals surface area contributed by atoms with Gasteiger partial charge in [0.1, 0.15) is 42.3 Å². The van der Waals surface area contributed by atoms with Crippen LogP contribution in [0.3, 0.4) is 0 Å². The zero-order valence-electron chi connectivity index (χ0n) is 46.1. The molecule has 4 heterocycles. The van der Waals surface area contributed by atoms with Crippen LogP contribution >= 0.6 is 0 Å². The molecule has 0 saturated carbocycles. The summed E-state index contributed by atoms with van der Waals surface area (Å²) in [6, 6.07) is -2.80. The average molecular weight is 1130 g/mol. The summed E-state index contributed by atoms with van der Waals surface area (Å²) in [6.07, 6.45) is 11.4. The summed E-state index contributed by atoms with van der Waals surface area (Å²) in [5.74, 6) is -6.98. The first-order chi connectivity index (χ1) is 38.7. The number of imidazole rings is 3. The maximum atomic E-state index is 14.8. The summed E-state index contributed by atoms with van der Waals surface area (Å²) in [5.41, 5.74) is 25.8. The number of carbonyl (C=O) groups is 8. The van der Waals surface area contributed by atoms with Gasteiger partial charge in [0.25, 0.3) is 0 Å². The van der Waals surface area contributed by atoms with Crippen molar-refractivity contribution < 1.29 is 43.5 Å². The van der Waals surface area contributed by atoms with Crippen LogP contribution in [0, 0.1) is 11.8 Å². The highest BCUT2D eigenvalue weighted by atomic mass is 16.4. The Kier molecular flexibility index (Phi) is 24.8. The fraction of sp³-hybridized carbons (Fsp3) is 0.509. The van der Waals surface area contributed by atoms with Gasteiger partial charge in [0.2, 0.25) is 41.4 Å². The lowest BCUT2D eigenvalue weighted by atomic mass is 9.99. The topological polar surface area (TPSA) is 459 Å². The van der Waals surface area contributed by atoms with Gasteiger partial charge in [-0.25, -0.2) is 19.7 Å². The molecule has 0 aliphatic rings. The number of carboxylic acid groups (broad SMARTS) is 1. The number of aromatic amines is 4. The number of carboxylic acids is 1. The number of hydrogen-bond acceptors (Lipinski definition) is 14. The molecule has 81 heavy (non-hydrogen) atoms. The summed E-state index contributed by atoms with van der Waals surface area (Å²) >= 11 is 0. The van der Waals surface area contributed by atoms with Crippen LogP contribution in [0.5, 0.6) is 0 Å². The zero-order chi connectivity index (χ0) is 59.0. The minimum Gasteiger partial charge on any atom is -0.480 e. The van der Waals surface area contributed by atoms with E-state index in [1.54, 1.807) is 12.4 Å². The number of amides is 7. The molecule has 8 atom stereocenters. The lowest BCUT2D eigenvalue weighted by molar-refractivity contribution is -0.142. The zero-order valence-corrected chi connectivity index (χ0v) is 46.1. The molecule has 5 aromatic rings. The third-order valence-electron chi connectivity index (χ3n) is 13.1. The monoisotopic (exact) mass is 1130 g/mol. The number of H-pyrrole nitrogens is 4. The Labute approximate surface area is 468 Å². The molecule has 0 fully saturated rings. The van der Waals surface area contributed by atoms with Gasteiger partial charge in [-0.05, 0) is 75.0 Å². The van der Waals surface area contributed by atoms with Gasteiger partial charge in [-0.1, -0.05) is 45.9 Å². The van der Waals surface area contributed by atoms with Crippen LogP contribution in [0.15, 0.2) is 73.0 Å². The third-order valence-corrected chi connectivity index (χ3v) is 13.1. The number of unbranched alkanes of at least 4 members (excludes halogenated alkanes) is 1. The maximum Gasteiger partial charge on any atom is 0.326 e. The van der Waals surface area contributed by atoms with Gasteiger partial charge in [0.05, 0.1) is 25.0 Å². The van der Waals surface area contributed by atoms with Crippen LogP contribution in [0.25, 0.3) is 10.9 Å². The second-order valence-electron chi connectivity index (χ2n) is 20.8. The van der Waals surface area contributed by atoms with Gasteiger partial charge in [-0.15, -0.1) is 0 Å². The van der Waals surface area contributed by atoms with Crippen molar-refractivity contribution in [3.05, 3.63) is 90.7 Å². The van der Waals surface area contributed by atoms with Crippen LogP contribution in [0.2, 0.25) is 0 Å². The third kappa shape index (κ3) is 20.8. The number of para-hydroxylation sites is 1. The highest BCUT2D eigenvalue weighted by molar-refractivity contribution is 5.98. The number of aliphatic carboxylic acids is 1. The molecule has 1 aromatic carbocycles. The van der Waals surface area contributed by atoms with Crippen LogP contribution < -0.4 is 60.2 Å². The van der Waals surface area contributed by atoms with Crippen LogP contribution in [0.4, 0.5) is 0 Å². The van der Waals surface area contributed by atoms with Crippen molar-refractivity contribution in [3.63, 3.8) is 0 Å². The van der Waals surface area contributed by atoms with E-state index in [2.05, 4.69) is 77.1 Å². The van der Waals surface area contributed by atoms with E-state index in [1.165, 1.54) is 31.4 Å². The molecule has 0 aliphatic carbocycles. The predicted octanol–water partition coefficient (Wildman–Crippen LogP) is -1.31. The minimum atomic E-state index is -1.42. The first-order valence-corrected chi connectivity index (χ1v) is 27.0. The van der Waals surface area contributed by atoms with Gasteiger partial charge in [-0.3, -0.25) is 38.6 Å². The second kappa shape index (κ2) is 31.8. The first kappa shape index (κ1) is 63.2. The number of guanidine groups is 1. The summed E-state index contributed by atoms with van der Waals surface area (Å²) < 4.78 is 0. The van der Waals surface area contributed by atoms with E-state index in [0.717, 1.165) is 10.9 Å². The molecule has 7 amide bonds. The highest BCUT2D eigenvalue weighted by Gasteiger charge is 2.36. The normalized spacial score (nSPS) is 14.3. The van der Waals surface area contributed by atoms with Gasteiger partial charge in [0, 0.05) is 85.0 Å². The Morgan fingerprint density at radius 2 is 0.975 bits per heavy atom. The molecule has 0 spiro atoms. The number of hydrogen-bond donors (Lipinski definition) is 16. The summed E-state index contributed by atoms with van der Waals surface area (Å²) in [6.45, 7) is 7.75. The van der Waals surface area contributed by atoms with Crippen molar-refractivity contribution in [2.24, 2.45) is 39.8 Å². The SMILES string of the molecule is CC(C)C[C@@H](NC(=O)[C@H](N)Cc1cnc[nH]1)C(=O)N[C@H](Cc1c[nH]c2ccccc12)C(=O)N[C@H](CCCCN)C(=O)N[C@@H](Cc1cnc[nH]1)C(=O)N[C@@H](Cc1cnc[nH]1)C(=O)N[C@H](CC(C)C)C(=O)N[C@H](CCCN=C(N)N)C(=O)O. The number of carbonyl (C=O) groups excluding carboxylic acids is 7. The largest absolute Gasteiger partial charge is 0.480 e. The average Bonchev–Trinajstić information content (AvgIpc) is 4.33. The first-order valence-electron chi connectivity index (χ1n) is 27.0. The molecule has 20 N–H and O–H groups in total. The molecule has 28 heteroatoms. The number of aliphatic imine (C=N–C) groups is 1. The van der Waals surface area contributed by atoms with E-state index in [0.29, 0.717) is 35.5 Å². The number of nitrogens with two attached hydrogens (primary N) is 4. The Bertz CT molecular complexity index is 2830. The number of fused-ring (bicyclic) bond motifs is 1. The van der Waals surface area contributed by atoms with E-state index in [1.807, 2.05) is 52.0 Å². The molecule has 440 valence electrons. The van der Waals surface area contributed by atoms with Crippen molar-refractivity contribution in [1.82, 2.24) is 72.1 Å². The quantitative estimate of drug-likeness (QED) is 0.0127. The molecule has 0 saturated heterocycles. The summed E-state index contributed by atoms with van der Waals surface area (Å²) in [4.78, 5) is 140. The van der Waals surface area contributed by atoms with Crippen molar-refractivity contribution in [2.45, 2.75) is 147 Å². The van der Waals surface area contributed by atoms with Gasteiger partial charge in [-0.2, -0.15) is 0 Å². The van der Waals surface area contributed by atoms with Crippen molar-refractivity contribution in [3.8, 4) is 0 Å². The van der Waals surface area contributed by atoms with Gasteiger partial charge < -0.3 is 85.2 Å². The number of rotatable bonds is 35. The van der Waals surface area contributed by atoms with Crippen molar-refractivity contribution in [1.29, 1.82) is 0 Å². The van der Waals surface area contributed by atoms with E-state index in [9.17, 15) is 43.5 Å². The van der Waals surface area contributed by atoms with E-state index in [-0.39, 0.29) is 88.7 Å². The standard InChI is InChI=1S/C53H79N19O9/c1-29(2)16-40(68-45(73)36(55)19-32-23-58-26-63-32)48(76)70-42(18-31-22-62-37-11-6-5-10-35(31)37)49(77)66-38(12-7-8-14-54)46(74)71-43(20-33-24-59-27-64-33)51(79)72-44(21-34-25-60-28-65-34)50(78)69-41(17-30(3)4)47(75)67-39(52(80)81)13-9-15-61-53(56)57/h5-6,10-11,22-30,36,38-44,62H,7-9,12-21,54-55H2,1-4H3,(H,58,63)(H,59,64)(H,60,65)(H,66,77)(H,67,75)(H,68,73)(H,69,78)(H,70,76)(H,71,74)(H,72,79)(H,80,81)(H4,56,57,61)/t36-,38-,39-,40-,41-,42-,43+,44+/m1/s1. The lowest BCUT2D eigenvalue weighted by Crippen LogP contribution is -2.61. The van der Waals surface area contributed by atoms with Gasteiger partial charge >= 0.3 is 5.97 Å².